The Morgan fingerprint density at radius 3 is 2.71 bits per heavy atom. The van der Waals surface area contributed by atoms with Crippen LogP contribution in [0.4, 0.5) is 0 Å². The Bertz CT molecular complexity index is 953. The van der Waals surface area contributed by atoms with Gasteiger partial charge in [-0.15, -0.1) is 0 Å². The molecule has 124 valence electrons. The molecule has 0 fully saturated rings. The van der Waals surface area contributed by atoms with Crippen molar-refractivity contribution in [2.45, 2.75) is 26.8 Å². The molecule has 3 aromatic rings. The molecule has 3 rings (SSSR count). The highest BCUT2D eigenvalue weighted by molar-refractivity contribution is 7.16. The lowest BCUT2D eigenvalue weighted by molar-refractivity contribution is 0.0997. The lowest BCUT2D eigenvalue weighted by Gasteiger charge is -2.07. The summed E-state index contributed by atoms with van der Waals surface area (Å²) in [6.45, 7) is 4.83. The van der Waals surface area contributed by atoms with E-state index in [1.165, 1.54) is 11.3 Å². The van der Waals surface area contributed by atoms with E-state index in [2.05, 4.69) is 16.5 Å². The van der Waals surface area contributed by atoms with Crippen molar-refractivity contribution in [2.24, 2.45) is 4.99 Å². The second-order valence-electron chi connectivity index (χ2n) is 5.58. The molecule has 0 unspecified atom stereocenters. The van der Waals surface area contributed by atoms with Crippen molar-refractivity contribution in [3.8, 4) is 5.75 Å². The van der Waals surface area contributed by atoms with Gasteiger partial charge < -0.3 is 9.30 Å². The fraction of sp³-hybridized carbons (Fsp3) is 0.263. The zero-order chi connectivity index (χ0) is 17.1. The van der Waals surface area contributed by atoms with Crippen LogP contribution in [0.5, 0.6) is 5.75 Å². The van der Waals surface area contributed by atoms with Crippen LogP contribution in [0, 0.1) is 6.92 Å². The molecule has 0 atom stereocenters. The average Bonchev–Trinajstić information content (AvgIpc) is 2.93. The van der Waals surface area contributed by atoms with Gasteiger partial charge in [0.15, 0.2) is 4.80 Å². The van der Waals surface area contributed by atoms with Gasteiger partial charge in [0.05, 0.1) is 11.8 Å². The summed E-state index contributed by atoms with van der Waals surface area (Å²) in [4.78, 5) is 17.7. The largest absolute Gasteiger partial charge is 0.495 e. The number of rotatable bonds is 4. The summed E-state index contributed by atoms with van der Waals surface area (Å²) in [5.74, 6) is 0.602. The van der Waals surface area contributed by atoms with Crippen LogP contribution in [0.25, 0.3) is 10.2 Å². The van der Waals surface area contributed by atoms with Crippen LogP contribution >= 0.6 is 11.3 Å². The molecule has 1 amide bonds. The molecule has 2 aromatic carbocycles. The predicted octanol–water partition coefficient (Wildman–Crippen LogP) is 4.17. The minimum atomic E-state index is -0.205. The van der Waals surface area contributed by atoms with Crippen LogP contribution in [0.3, 0.4) is 0 Å². The first-order valence-electron chi connectivity index (χ1n) is 7.96. The second-order valence-corrected chi connectivity index (χ2v) is 6.58. The van der Waals surface area contributed by atoms with E-state index in [9.17, 15) is 4.79 Å². The number of amides is 1. The third-order valence-electron chi connectivity index (χ3n) is 3.90. The molecule has 5 heteroatoms. The summed E-state index contributed by atoms with van der Waals surface area (Å²) < 4.78 is 8.64. The van der Waals surface area contributed by atoms with Crippen LogP contribution in [-0.4, -0.2) is 17.6 Å². The number of hydrogen-bond donors (Lipinski definition) is 0. The Balaban J connectivity index is 2.20. The molecule has 0 aliphatic rings. The summed E-state index contributed by atoms with van der Waals surface area (Å²) in [6.07, 6.45) is 0.954. The maximum Gasteiger partial charge on any atom is 0.279 e. The lowest BCUT2D eigenvalue weighted by Crippen LogP contribution is -2.17. The molecule has 0 spiro atoms. The van der Waals surface area contributed by atoms with Gasteiger partial charge in [-0.3, -0.25) is 4.79 Å². The second kappa shape index (κ2) is 7.01. The first-order valence-corrected chi connectivity index (χ1v) is 8.78. The molecule has 24 heavy (non-hydrogen) atoms. The van der Waals surface area contributed by atoms with E-state index < -0.39 is 0 Å². The summed E-state index contributed by atoms with van der Waals surface area (Å²) >= 11 is 1.52. The Hall–Kier alpha value is -2.40. The molecule has 0 N–H and O–H groups in total. The molecular formula is C19H20N2O2S. The van der Waals surface area contributed by atoms with Crippen LogP contribution in [0.2, 0.25) is 0 Å². The van der Waals surface area contributed by atoms with Crippen molar-refractivity contribution in [3.63, 3.8) is 0 Å². The van der Waals surface area contributed by atoms with Crippen molar-refractivity contribution >= 4 is 27.5 Å². The number of hydrogen-bond acceptors (Lipinski definition) is 3. The zero-order valence-electron chi connectivity index (χ0n) is 14.1. The Labute approximate surface area is 145 Å². The number of carbonyl (C=O) groups is 1. The van der Waals surface area contributed by atoms with Crippen molar-refractivity contribution in [1.82, 2.24) is 4.57 Å². The third-order valence-corrected chi connectivity index (χ3v) is 4.95. The van der Waals surface area contributed by atoms with Crippen LogP contribution in [-0.2, 0) is 6.54 Å². The molecule has 1 heterocycles. The van der Waals surface area contributed by atoms with Crippen LogP contribution < -0.4 is 9.54 Å². The topological polar surface area (TPSA) is 43.6 Å². The third kappa shape index (κ3) is 2.99. The van der Waals surface area contributed by atoms with Crippen molar-refractivity contribution in [2.75, 3.05) is 7.11 Å². The Kier molecular flexibility index (Phi) is 4.81. The molecule has 0 saturated heterocycles. The minimum Gasteiger partial charge on any atom is -0.495 e. The number of aryl methyl sites for hydroxylation is 2. The van der Waals surface area contributed by atoms with Crippen molar-refractivity contribution in [3.05, 3.63) is 58.4 Å². The smallest absolute Gasteiger partial charge is 0.279 e. The maximum absolute atomic E-state index is 12.6. The van der Waals surface area contributed by atoms with Gasteiger partial charge in [0.1, 0.15) is 11.3 Å². The van der Waals surface area contributed by atoms with Crippen molar-refractivity contribution in [1.29, 1.82) is 0 Å². The number of carbonyl (C=O) groups excluding carboxylic acids is 1. The number of ether oxygens (including phenoxy) is 1. The lowest BCUT2D eigenvalue weighted by atomic mass is 10.1. The fourth-order valence-electron chi connectivity index (χ4n) is 2.74. The summed E-state index contributed by atoms with van der Waals surface area (Å²) in [7, 11) is 1.66. The molecule has 0 saturated carbocycles. The number of nitrogens with zero attached hydrogens (tertiary/aromatic N) is 2. The maximum atomic E-state index is 12.6. The van der Waals surface area contributed by atoms with Crippen LogP contribution in [0.15, 0.2) is 47.5 Å². The summed E-state index contributed by atoms with van der Waals surface area (Å²) in [5.41, 5.74) is 2.58. The van der Waals surface area contributed by atoms with E-state index in [4.69, 9.17) is 4.74 Å². The van der Waals surface area contributed by atoms with Gasteiger partial charge in [-0.25, -0.2) is 0 Å². The molecule has 0 radical (unpaired) electrons. The van der Waals surface area contributed by atoms with Gasteiger partial charge in [0.25, 0.3) is 5.91 Å². The van der Waals surface area contributed by atoms with Crippen LogP contribution in [0.1, 0.15) is 29.3 Å². The van der Waals surface area contributed by atoms with E-state index in [1.54, 1.807) is 7.11 Å². The number of fused-ring (bicyclic) bond motifs is 1. The highest BCUT2D eigenvalue weighted by Gasteiger charge is 2.13. The number of para-hydroxylation sites is 1. The highest BCUT2D eigenvalue weighted by Crippen LogP contribution is 2.27. The van der Waals surface area contributed by atoms with E-state index in [0.717, 1.165) is 34.5 Å². The standard InChI is InChI=1S/C19H20N2O2S/c1-4-12-21-17-15(23-3)10-7-11-16(17)24-19(21)20-18(22)14-9-6-5-8-13(14)2/h5-11H,4,12H2,1-3H3. The van der Waals surface area contributed by atoms with Crippen molar-refractivity contribution < 1.29 is 9.53 Å². The summed E-state index contributed by atoms with van der Waals surface area (Å²) in [6, 6.07) is 13.5. The van der Waals surface area contributed by atoms with E-state index >= 15 is 0 Å². The van der Waals surface area contributed by atoms with E-state index in [-0.39, 0.29) is 5.91 Å². The number of benzene rings is 2. The molecule has 4 nitrogen and oxygen atoms in total. The highest BCUT2D eigenvalue weighted by atomic mass is 32.1. The van der Waals surface area contributed by atoms with Gasteiger partial charge in [-0.2, -0.15) is 4.99 Å². The van der Waals surface area contributed by atoms with Gasteiger partial charge >= 0.3 is 0 Å². The van der Waals surface area contributed by atoms with Gasteiger partial charge in [0.2, 0.25) is 0 Å². The van der Waals surface area contributed by atoms with Gasteiger partial charge in [0, 0.05) is 12.1 Å². The first-order chi connectivity index (χ1) is 11.7. The number of thiazole rings is 1. The summed E-state index contributed by atoms with van der Waals surface area (Å²) in [5, 5.41) is 0. The zero-order valence-corrected chi connectivity index (χ0v) is 14.9. The Morgan fingerprint density at radius 1 is 1.21 bits per heavy atom. The first kappa shape index (κ1) is 16.5. The molecule has 1 aromatic heterocycles. The van der Waals surface area contributed by atoms with E-state index in [1.807, 2.05) is 49.4 Å². The average molecular weight is 340 g/mol. The van der Waals surface area contributed by atoms with Gasteiger partial charge in [-0.1, -0.05) is 42.5 Å². The monoisotopic (exact) mass is 340 g/mol. The predicted molar refractivity (Wildman–Crippen MR) is 97.7 cm³/mol. The molecular weight excluding hydrogens is 320 g/mol. The minimum absolute atomic E-state index is 0.205. The normalized spacial score (nSPS) is 11.9. The molecule has 0 bridgehead atoms. The quantitative estimate of drug-likeness (QED) is 0.715. The number of aromatic nitrogens is 1. The Morgan fingerprint density at radius 2 is 2.00 bits per heavy atom. The fourth-order valence-corrected chi connectivity index (χ4v) is 3.81. The molecule has 0 aliphatic carbocycles. The number of methoxy groups -OCH3 is 1. The van der Waals surface area contributed by atoms with Gasteiger partial charge in [-0.05, 0) is 37.1 Å². The van der Waals surface area contributed by atoms with E-state index in [0.29, 0.717) is 10.4 Å². The molecule has 0 aliphatic heterocycles. The SMILES string of the molecule is CCCn1c(=NC(=O)c2ccccc2C)sc2cccc(OC)c21.